The van der Waals surface area contributed by atoms with Gasteiger partial charge in [-0.05, 0) is 36.4 Å². The van der Waals surface area contributed by atoms with Crippen molar-refractivity contribution in [3.8, 4) is 28.9 Å². The Hall–Kier alpha value is -3.71. The minimum absolute atomic E-state index is 0.416. The first-order valence-electron chi connectivity index (χ1n) is 8.61. The monoisotopic (exact) mass is 449 g/mol. The number of hydrogen-bond acceptors (Lipinski definition) is 7. The lowest BCUT2D eigenvalue weighted by Gasteiger charge is -2.18. The molecule has 4 aromatic rings. The number of nitriles is 1. The molecule has 0 unspecified atom stereocenters. The first kappa shape index (κ1) is 17.4. The SMILES string of the molecule is Brc1ccc2c(c1)-n1cnnc1CO2.N#Cc1ccc2c(c1)-n1cnnc1CO2. The molecule has 0 spiro atoms. The van der Waals surface area contributed by atoms with Crippen molar-refractivity contribution < 1.29 is 9.47 Å². The summed E-state index contributed by atoms with van der Waals surface area (Å²) in [6.07, 6.45) is 3.32. The van der Waals surface area contributed by atoms with Crippen molar-refractivity contribution >= 4 is 15.9 Å². The first-order chi connectivity index (χ1) is 14.2. The Labute approximate surface area is 173 Å². The van der Waals surface area contributed by atoms with Gasteiger partial charge in [0.2, 0.25) is 0 Å². The molecule has 0 bridgehead atoms. The molecule has 0 fully saturated rings. The number of rotatable bonds is 0. The van der Waals surface area contributed by atoms with Gasteiger partial charge in [-0.15, -0.1) is 20.4 Å². The molecule has 4 heterocycles. The van der Waals surface area contributed by atoms with Crippen LogP contribution in [0.1, 0.15) is 17.2 Å². The maximum absolute atomic E-state index is 8.81. The third-order valence-corrected chi connectivity index (χ3v) is 4.97. The van der Waals surface area contributed by atoms with Crippen LogP contribution >= 0.6 is 15.9 Å². The van der Waals surface area contributed by atoms with Crippen LogP contribution in [0.3, 0.4) is 0 Å². The van der Waals surface area contributed by atoms with Gasteiger partial charge in [-0.2, -0.15) is 5.26 Å². The van der Waals surface area contributed by atoms with Crippen LogP contribution in [0.25, 0.3) is 11.4 Å². The summed E-state index contributed by atoms with van der Waals surface area (Å²) >= 11 is 3.42. The number of ether oxygens (including phenoxy) is 2. The van der Waals surface area contributed by atoms with Crippen molar-refractivity contribution in [3.05, 3.63) is 70.7 Å². The maximum Gasteiger partial charge on any atom is 0.175 e. The zero-order valence-corrected chi connectivity index (χ0v) is 16.4. The summed E-state index contributed by atoms with van der Waals surface area (Å²) in [5.74, 6) is 3.19. The highest BCUT2D eigenvalue weighted by Crippen LogP contribution is 2.31. The van der Waals surface area contributed by atoms with Crippen LogP contribution in [0.15, 0.2) is 53.5 Å². The number of halogens is 1. The average Bonchev–Trinajstić information content (AvgIpc) is 3.43. The largest absolute Gasteiger partial charge is 0.483 e. The molecule has 0 aliphatic carbocycles. The van der Waals surface area contributed by atoms with Crippen molar-refractivity contribution in [2.24, 2.45) is 0 Å². The van der Waals surface area contributed by atoms with E-state index in [-0.39, 0.29) is 0 Å². The quantitative estimate of drug-likeness (QED) is 0.406. The molecule has 6 rings (SSSR count). The van der Waals surface area contributed by atoms with Crippen LogP contribution in [0.5, 0.6) is 11.5 Å². The molecule has 142 valence electrons. The molecule has 0 amide bonds. The Morgan fingerprint density at radius 2 is 1.45 bits per heavy atom. The van der Waals surface area contributed by atoms with E-state index in [4.69, 9.17) is 14.7 Å². The molecule has 0 saturated heterocycles. The Morgan fingerprint density at radius 1 is 0.862 bits per heavy atom. The van der Waals surface area contributed by atoms with Crippen molar-refractivity contribution in [2.75, 3.05) is 0 Å². The highest BCUT2D eigenvalue weighted by atomic mass is 79.9. The fraction of sp³-hybridized carbons (Fsp3) is 0.105. The molecule has 2 aromatic heterocycles. The molecular weight excluding hydrogens is 438 g/mol. The summed E-state index contributed by atoms with van der Waals surface area (Å²) in [7, 11) is 0. The van der Waals surface area contributed by atoms with E-state index in [1.807, 2.05) is 27.3 Å². The van der Waals surface area contributed by atoms with E-state index in [0.717, 1.165) is 39.0 Å². The number of benzene rings is 2. The van der Waals surface area contributed by atoms with Gasteiger partial charge in [0.1, 0.15) is 37.4 Å². The molecule has 29 heavy (non-hydrogen) atoms. The number of nitrogens with zero attached hydrogens (tertiary/aromatic N) is 7. The van der Waals surface area contributed by atoms with Crippen LogP contribution in [0.4, 0.5) is 0 Å². The molecular formula is C19H12BrN7O2. The molecule has 2 aliphatic heterocycles. The normalized spacial score (nSPS) is 12.6. The van der Waals surface area contributed by atoms with Crippen molar-refractivity contribution in [1.82, 2.24) is 29.5 Å². The molecule has 10 heteroatoms. The molecule has 2 aromatic carbocycles. The van der Waals surface area contributed by atoms with E-state index in [1.54, 1.807) is 30.9 Å². The lowest BCUT2D eigenvalue weighted by molar-refractivity contribution is 0.279. The van der Waals surface area contributed by atoms with Gasteiger partial charge in [0.05, 0.1) is 23.0 Å². The minimum Gasteiger partial charge on any atom is -0.483 e. The molecule has 0 saturated carbocycles. The number of hydrogen-bond donors (Lipinski definition) is 0. The topological polar surface area (TPSA) is 104 Å². The molecule has 0 radical (unpaired) electrons. The molecule has 0 N–H and O–H groups in total. The zero-order valence-electron chi connectivity index (χ0n) is 14.9. The van der Waals surface area contributed by atoms with Gasteiger partial charge in [-0.25, -0.2) is 0 Å². The van der Waals surface area contributed by atoms with Gasteiger partial charge in [-0.3, -0.25) is 9.13 Å². The van der Waals surface area contributed by atoms with Crippen LogP contribution in [0, 0.1) is 11.3 Å². The number of aromatic nitrogens is 6. The maximum atomic E-state index is 8.81. The van der Waals surface area contributed by atoms with Gasteiger partial charge < -0.3 is 9.47 Å². The third-order valence-electron chi connectivity index (χ3n) is 4.48. The Balaban J connectivity index is 0.000000125. The highest BCUT2D eigenvalue weighted by molar-refractivity contribution is 9.10. The highest BCUT2D eigenvalue weighted by Gasteiger charge is 2.19. The summed E-state index contributed by atoms with van der Waals surface area (Å²) in [6.45, 7) is 0.896. The summed E-state index contributed by atoms with van der Waals surface area (Å²) in [5.41, 5.74) is 2.39. The summed E-state index contributed by atoms with van der Waals surface area (Å²) in [5, 5.41) is 24.3. The second kappa shape index (κ2) is 7.03. The Kier molecular flexibility index (Phi) is 4.22. The van der Waals surface area contributed by atoms with Crippen molar-refractivity contribution in [2.45, 2.75) is 13.2 Å². The van der Waals surface area contributed by atoms with E-state index in [2.05, 4.69) is 42.4 Å². The van der Waals surface area contributed by atoms with Crippen LogP contribution < -0.4 is 9.47 Å². The van der Waals surface area contributed by atoms with Gasteiger partial charge >= 0.3 is 0 Å². The lowest BCUT2D eigenvalue weighted by Crippen LogP contribution is -2.12. The molecule has 2 aliphatic rings. The smallest absolute Gasteiger partial charge is 0.175 e. The fourth-order valence-electron chi connectivity index (χ4n) is 3.10. The first-order valence-corrected chi connectivity index (χ1v) is 9.40. The summed E-state index contributed by atoms with van der Waals surface area (Å²) in [4.78, 5) is 0. The second-order valence-electron chi connectivity index (χ2n) is 6.22. The standard InChI is InChI=1S/C10H6N4O.C9H6BrN3O/c11-4-7-1-2-9-8(3-7)14-6-12-13-10(14)5-15-9;10-6-1-2-8-7(3-6)13-5-11-12-9(13)4-14-8/h1-3,6H,5H2;1-3,5H,4H2. The predicted octanol–water partition coefficient (Wildman–Crippen LogP) is 2.95. The fourth-order valence-corrected chi connectivity index (χ4v) is 3.45. The van der Waals surface area contributed by atoms with Crippen LogP contribution in [0.2, 0.25) is 0 Å². The Morgan fingerprint density at radius 3 is 2.07 bits per heavy atom. The summed E-state index contributed by atoms with van der Waals surface area (Å²) < 4.78 is 15.8. The van der Waals surface area contributed by atoms with Gasteiger partial charge in [0, 0.05) is 4.47 Å². The van der Waals surface area contributed by atoms with Crippen LogP contribution in [-0.2, 0) is 13.2 Å². The molecule has 9 nitrogen and oxygen atoms in total. The lowest BCUT2D eigenvalue weighted by atomic mass is 10.2. The number of fused-ring (bicyclic) bond motifs is 6. The Bertz CT molecular complexity index is 1260. The summed E-state index contributed by atoms with van der Waals surface area (Å²) in [6, 6.07) is 13.2. The third kappa shape index (κ3) is 3.11. The van der Waals surface area contributed by atoms with E-state index >= 15 is 0 Å². The van der Waals surface area contributed by atoms with Crippen LogP contribution in [-0.4, -0.2) is 29.5 Å². The second-order valence-corrected chi connectivity index (χ2v) is 7.13. The predicted molar refractivity (Wildman–Crippen MR) is 104 cm³/mol. The zero-order chi connectivity index (χ0) is 19.8. The van der Waals surface area contributed by atoms with Crippen molar-refractivity contribution in [1.29, 1.82) is 5.26 Å². The van der Waals surface area contributed by atoms with Gasteiger partial charge in [-0.1, -0.05) is 15.9 Å². The van der Waals surface area contributed by atoms with E-state index in [9.17, 15) is 0 Å². The average molecular weight is 450 g/mol. The minimum atomic E-state index is 0.416. The van der Waals surface area contributed by atoms with Gasteiger partial charge in [0.15, 0.2) is 11.6 Å². The van der Waals surface area contributed by atoms with Gasteiger partial charge in [0.25, 0.3) is 0 Å². The van der Waals surface area contributed by atoms with Crippen molar-refractivity contribution in [3.63, 3.8) is 0 Å². The molecule has 0 atom stereocenters. The van der Waals surface area contributed by atoms with E-state index in [1.165, 1.54) is 0 Å². The van der Waals surface area contributed by atoms with E-state index in [0.29, 0.717) is 18.8 Å². The van der Waals surface area contributed by atoms with E-state index < -0.39 is 0 Å².